The number of hydrogen-bond donors (Lipinski definition) is 1. The van der Waals surface area contributed by atoms with Gasteiger partial charge in [0.2, 0.25) is 0 Å². The summed E-state index contributed by atoms with van der Waals surface area (Å²) in [5, 5.41) is 9.69. The molecule has 1 saturated heterocycles. The molecule has 0 aliphatic carbocycles. The summed E-state index contributed by atoms with van der Waals surface area (Å²) in [5.74, 6) is 0.425. The molecular formula is C16H22BClO3. The highest BCUT2D eigenvalue weighted by Crippen LogP contribution is 2.38. The predicted molar refractivity (Wildman–Crippen MR) is 87.1 cm³/mol. The van der Waals surface area contributed by atoms with Gasteiger partial charge in [-0.1, -0.05) is 30.3 Å². The average molecular weight is 309 g/mol. The predicted octanol–water partition coefficient (Wildman–Crippen LogP) is 3.43. The number of alkyl halides is 1. The molecule has 0 atom stereocenters. The molecule has 1 fully saturated rings. The molecule has 0 bridgehead atoms. The van der Waals surface area contributed by atoms with Gasteiger partial charge in [-0.2, -0.15) is 0 Å². The van der Waals surface area contributed by atoms with E-state index in [1.165, 1.54) is 0 Å². The van der Waals surface area contributed by atoms with Crippen molar-refractivity contribution in [2.45, 2.75) is 44.8 Å². The van der Waals surface area contributed by atoms with Crippen LogP contribution in [0.3, 0.4) is 0 Å². The molecule has 0 spiro atoms. The summed E-state index contributed by atoms with van der Waals surface area (Å²) in [4.78, 5) is 0. The third kappa shape index (κ3) is 3.34. The highest BCUT2D eigenvalue weighted by molar-refractivity contribution is 6.55. The quantitative estimate of drug-likeness (QED) is 0.684. The molecule has 114 valence electrons. The van der Waals surface area contributed by atoms with Crippen LogP contribution >= 0.6 is 11.6 Å². The van der Waals surface area contributed by atoms with Gasteiger partial charge in [0.25, 0.3) is 0 Å². The van der Waals surface area contributed by atoms with E-state index in [0.29, 0.717) is 11.4 Å². The van der Waals surface area contributed by atoms with Crippen LogP contribution < -0.4 is 0 Å². The van der Waals surface area contributed by atoms with Gasteiger partial charge < -0.3 is 14.4 Å². The van der Waals surface area contributed by atoms with Gasteiger partial charge in [-0.05, 0) is 44.3 Å². The van der Waals surface area contributed by atoms with Crippen LogP contribution in [0.5, 0.6) is 0 Å². The molecule has 21 heavy (non-hydrogen) atoms. The normalized spacial score (nSPS) is 20.9. The van der Waals surface area contributed by atoms with E-state index < -0.39 is 18.3 Å². The molecule has 3 nitrogen and oxygen atoms in total. The molecule has 2 rings (SSSR count). The second-order valence-electron chi connectivity index (χ2n) is 6.30. The largest absolute Gasteiger partial charge is 0.492 e. The zero-order chi connectivity index (χ0) is 15.7. The van der Waals surface area contributed by atoms with Gasteiger partial charge >= 0.3 is 7.12 Å². The van der Waals surface area contributed by atoms with E-state index >= 15 is 0 Å². The highest BCUT2D eigenvalue weighted by Gasteiger charge is 2.52. The average Bonchev–Trinajstić information content (AvgIpc) is 2.65. The summed E-state index contributed by atoms with van der Waals surface area (Å²) in [6.07, 6.45) is 1.90. The third-order valence-electron chi connectivity index (χ3n) is 4.28. The lowest BCUT2D eigenvalue weighted by molar-refractivity contribution is 0.00578. The van der Waals surface area contributed by atoms with Crippen LogP contribution in [-0.4, -0.2) is 30.0 Å². The molecule has 1 aliphatic rings. The van der Waals surface area contributed by atoms with Gasteiger partial charge in [0, 0.05) is 5.88 Å². The van der Waals surface area contributed by atoms with Crippen LogP contribution in [0.2, 0.25) is 0 Å². The Morgan fingerprint density at radius 3 is 2.29 bits per heavy atom. The maximum atomic E-state index is 9.69. The van der Waals surface area contributed by atoms with E-state index in [2.05, 4.69) is 0 Å². The standard InChI is InChI=1S/C16H22BClO3/c1-15(2)16(3,4)21-17(20-15)14(11-19)9-12-7-5-6-8-13(12)10-18/h5-9,19H,10-11H2,1-4H3. The summed E-state index contributed by atoms with van der Waals surface area (Å²) in [7, 11) is -0.539. The van der Waals surface area contributed by atoms with Crippen LogP contribution in [0.15, 0.2) is 29.7 Å². The molecule has 0 saturated carbocycles. The van der Waals surface area contributed by atoms with Crippen LogP contribution in [-0.2, 0) is 15.2 Å². The Balaban J connectivity index is 2.31. The first-order valence-electron chi connectivity index (χ1n) is 7.11. The van der Waals surface area contributed by atoms with E-state index in [-0.39, 0.29) is 6.61 Å². The number of rotatable bonds is 4. The topological polar surface area (TPSA) is 38.7 Å². The Bertz CT molecular complexity index is 524. The van der Waals surface area contributed by atoms with Crippen molar-refractivity contribution in [2.24, 2.45) is 0 Å². The Kier molecular flexibility index (Phi) is 4.84. The van der Waals surface area contributed by atoms with Crippen molar-refractivity contribution in [2.75, 3.05) is 6.61 Å². The summed E-state index contributed by atoms with van der Waals surface area (Å²) >= 11 is 5.95. The van der Waals surface area contributed by atoms with Crippen LogP contribution in [0, 0.1) is 0 Å². The lowest BCUT2D eigenvalue weighted by Gasteiger charge is -2.32. The fourth-order valence-corrected chi connectivity index (χ4v) is 2.42. The van der Waals surface area contributed by atoms with E-state index in [0.717, 1.165) is 11.1 Å². The van der Waals surface area contributed by atoms with Gasteiger partial charge in [0.05, 0.1) is 17.8 Å². The first-order chi connectivity index (χ1) is 9.80. The summed E-state index contributed by atoms with van der Waals surface area (Å²) in [6, 6.07) is 7.83. The van der Waals surface area contributed by atoms with Crippen molar-refractivity contribution in [3.8, 4) is 0 Å². The molecule has 0 radical (unpaired) electrons. The Labute approximate surface area is 132 Å². The molecular weight excluding hydrogens is 286 g/mol. The first kappa shape index (κ1) is 16.6. The van der Waals surface area contributed by atoms with Crippen molar-refractivity contribution in [3.05, 3.63) is 40.9 Å². The zero-order valence-electron chi connectivity index (χ0n) is 13.0. The summed E-state index contributed by atoms with van der Waals surface area (Å²) in [5.41, 5.74) is 1.86. The molecule has 1 heterocycles. The zero-order valence-corrected chi connectivity index (χ0v) is 13.8. The van der Waals surface area contributed by atoms with Crippen molar-refractivity contribution >= 4 is 24.8 Å². The molecule has 1 aromatic rings. The lowest BCUT2D eigenvalue weighted by atomic mass is 9.77. The van der Waals surface area contributed by atoms with Gasteiger partial charge in [-0.3, -0.25) is 0 Å². The number of aliphatic hydroxyl groups excluding tert-OH is 1. The van der Waals surface area contributed by atoms with E-state index in [1.807, 2.05) is 58.0 Å². The lowest BCUT2D eigenvalue weighted by Crippen LogP contribution is -2.41. The molecule has 0 amide bonds. The van der Waals surface area contributed by atoms with Crippen molar-refractivity contribution < 1.29 is 14.4 Å². The highest BCUT2D eigenvalue weighted by atomic mass is 35.5. The fourth-order valence-electron chi connectivity index (χ4n) is 2.18. The Hall–Kier alpha value is -0.805. The molecule has 1 aromatic carbocycles. The minimum atomic E-state index is -0.539. The van der Waals surface area contributed by atoms with Gasteiger partial charge in [0.15, 0.2) is 0 Å². The number of halogens is 1. The van der Waals surface area contributed by atoms with Crippen LogP contribution in [0.1, 0.15) is 38.8 Å². The fraction of sp³-hybridized carbons (Fsp3) is 0.500. The van der Waals surface area contributed by atoms with E-state index in [4.69, 9.17) is 20.9 Å². The minimum Gasteiger partial charge on any atom is -0.400 e. The second kappa shape index (κ2) is 6.13. The molecule has 1 aliphatic heterocycles. The van der Waals surface area contributed by atoms with Crippen molar-refractivity contribution in [1.29, 1.82) is 0 Å². The number of aliphatic hydroxyl groups is 1. The van der Waals surface area contributed by atoms with Gasteiger partial charge in [0.1, 0.15) is 0 Å². The first-order valence-corrected chi connectivity index (χ1v) is 7.65. The van der Waals surface area contributed by atoms with E-state index in [9.17, 15) is 5.11 Å². The molecule has 0 aromatic heterocycles. The van der Waals surface area contributed by atoms with E-state index in [1.54, 1.807) is 0 Å². The Morgan fingerprint density at radius 1 is 1.19 bits per heavy atom. The summed E-state index contributed by atoms with van der Waals surface area (Å²) < 4.78 is 12.0. The smallest absolute Gasteiger partial charge is 0.400 e. The van der Waals surface area contributed by atoms with Gasteiger partial charge in [-0.25, -0.2) is 0 Å². The monoisotopic (exact) mass is 308 g/mol. The Morgan fingerprint density at radius 2 is 1.76 bits per heavy atom. The number of hydrogen-bond acceptors (Lipinski definition) is 3. The molecule has 1 N–H and O–H groups in total. The SMILES string of the molecule is CC1(C)OB(C(=Cc2ccccc2CCl)CO)OC1(C)C. The molecule has 5 heteroatoms. The maximum absolute atomic E-state index is 9.69. The maximum Gasteiger partial charge on any atom is 0.492 e. The number of benzene rings is 1. The second-order valence-corrected chi connectivity index (χ2v) is 6.57. The van der Waals surface area contributed by atoms with Crippen molar-refractivity contribution in [3.63, 3.8) is 0 Å². The van der Waals surface area contributed by atoms with Crippen LogP contribution in [0.25, 0.3) is 6.08 Å². The van der Waals surface area contributed by atoms with Crippen molar-refractivity contribution in [1.82, 2.24) is 0 Å². The molecule has 0 unspecified atom stereocenters. The third-order valence-corrected chi connectivity index (χ3v) is 4.57. The minimum absolute atomic E-state index is 0.118. The summed E-state index contributed by atoms with van der Waals surface area (Å²) in [6.45, 7) is 7.86. The van der Waals surface area contributed by atoms with Crippen LogP contribution in [0.4, 0.5) is 0 Å². The van der Waals surface area contributed by atoms with Gasteiger partial charge in [-0.15, -0.1) is 11.6 Å².